The number of benzene rings is 1. The number of carbonyl (C=O) groups is 1. The first-order valence-electron chi connectivity index (χ1n) is 7.01. The van der Waals surface area contributed by atoms with Gasteiger partial charge in [0.1, 0.15) is 0 Å². The summed E-state index contributed by atoms with van der Waals surface area (Å²) in [4.78, 5) is 24.6. The van der Waals surface area contributed by atoms with Crippen LogP contribution in [0.1, 0.15) is 10.4 Å². The van der Waals surface area contributed by atoms with E-state index in [2.05, 4.69) is 0 Å². The number of thiophene rings is 1. The van der Waals surface area contributed by atoms with Gasteiger partial charge in [-0.05, 0) is 34.5 Å². The maximum absolute atomic E-state index is 12.8. The van der Waals surface area contributed by atoms with Gasteiger partial charge in [0.15, 0.2) is 0 Å². The van der Waals surface area contributed by atoms with Crippen LogP contribution in [-0.2, 0) is 0 Å². The fraction of sp³-hybridized carbons (Fsp3) is 0. The molecule has 0 saturated heterocycles. The number of hydrogen-bond acceptors (Lipinski definition) is 3. The van der Waals surface area contributed by atoms with E-state index in [1.807, 2.05) is 35.7 Å². The Kier molecular flexibility index (Phi) is 3.02. The van der Waals surface area contributed by atoms with Crippen molar-refractivity contribution in [2.75, 3.05) is 0 Å². The first-order chi connectivity index (χ1) is 11.2. The molecule has 0 amide bonds. The van der Waals surface area contributed by atoms with Gasteiger partial charge in [0, 0.05) is 11.8 Å². The number of hydrogen-bond donors (Lipinski definition) is 1. The molecule has 0 fully saturated rings. The van der Waals surface area contributed by atoms with Crippen molar-refractivity contribution in [3.05, 3.63) is 76.0 Å². The molecule has 4 nitrogen and oxygen atoms in total. The highest BCUT2D eigenvalue weighted by molar-refractivity contribution is 7.18. The summed E-state index contributed by atoms with van der Waals surface area (Å²) in [5, 5.41) is 12.5. The molecule has 23 heavy (non-hydrogen) atoms. The standard InChI is InChI=1S/C18H11NO3S/c20-17-13(11-4-2-1-3-5-11)10-14(18(21)22)15-16-12(7-9-23-16)6-8-19(15)17/h1-10H,(H,21,22). The van der Waals surface area contributed by atoms with Crippen molar-refractivity contribution in [3.63, 3.8) is 0 Å². The fourth-order valence-corrected chi connectivity index (χ4v) is 3.74. The molecular weight excluding hydrogens is 310 g/mol. The van der Waals surface area contributed by atoms with E-state index < -0.39 is 5.97 Å². The van der Waals surface area contributed by atoms with Crippen LogP contribution in [0.3, 0.4) is 0 Å². The van der Waals surface area contributed by atoms with Gasteiger partial charge in [0.25, 0.3) is 5.56 Å². The summed E-state index contributed by atoms with van der Waals surface area (Å²) in [5.74, 6) is -1.04. The van der Waals surface area contributed by atoms with Crippen molar-refractivity contribution >= 4 is 32.9 Å². The molecule has 112 valence electrons. The molecule has 0 spiro atoms. The van der Waals surface area contributed by atoms with Crippen molar-refractivity contribution in [2.45, 2.75) is 0 Å². The number of pyridine rings is 2. The summed E-state index contributed by atoms with van der Waals surface area (Å²) in [7, 11) is 0. The first kappa shape index (κ1) is 13.7. The topological polar surface area (TPSA) is 58.8 Å². The number of nitrogens with zero attached hydrogens (tertiary/aromatic N) is 1. The highest BCUT2D eigenvalue weighted by Gasteiger charge is 2.18. The highest BCUT2D eigenvalue weighted by atomic mass is 32.1. The third-order valence-corrected chi connectivity index (χ3v) is 4.80. The zero-order valence-electron chi connectivity index (χ0n) is 11.9. The normalized spacial score (nSPS) is 11.1. The minimum Gasteiger partial charge on any atom is -0.478 e. The molecule has 0 saturated carbocycles. The molecule has 5 heteroatoms. The Morgan fingerprint density at radius 2 is 1.87 bits per heavy atom. The zero-order chi connectivity index (χ0) is 16.0. The summed E-state index contributed by atoms with van der Waals surface area (Å²) < 4.78 is 2.24. The molecule has 0 atom stereocenters. The van der Waals surface area contributed by atoms with Crippen LogP contribution in [0.5, 0.6) is 0 Å². The highest BCUT2D eigenvalue weighted by Crippen LogP contribution is 2.29. The van der Waals surface area contributed by atoms with Gasteiger partial charge in [-0.15, -0.1) is 11.3 Å². The smallest absolute Gasteiger partial charge is 0.337 e. The van der Waals surface area contributed by atoms with Crippen LogP contribution in [-0.4, -0.2) is 15.5 Å². The average Bonchev–Trinajstić information content (AvgIpc) is 3.04. The van der Waals surface area contributed by atoms with Crippen LogP contribution in [0.15, 0.2) is 64.9 Å². The number of carboxylic acid groups (broad SMARTS) is 1. The fourth-order valence-electron chi connectivity index (χ4n) is 2.79. The second kappa shape index (κ2) is 5.07. The lowest BCUT2D eigenvalue weighted by molar-refractivity contribution is 0.0698. The van der Waals surface area contributed by atoms with E-state index in [0.29, 0.717) is 16.6 Å². The first-order valence-corrected chi connectivity index (χ1v) is 7.89. The van der Waals surface area contributed by atoms with Gasteiger partial charge in [-0.3, -0.25) is 9.20 Å². The monoisotopic (exact) mass is 321 g/mol. The predicted octanol–water partition coefficient (Wildman–Crippen LogP) is 3.88. The Bertz CT molecular complexity index is 1110. The van der Waals surface area contributed by atoms with E-state index in [0.717, 1.165) is 10.1 Å². The van der Waals surface area contributed by atoms with E-state index in [-0.39, 0.29) is 11.1 Å². The SMILES string of the molecule is O=C(O)c1cc(-c2ccccc2)c(=O)n2ccc3ccsc3c12. The number of rotatable bonds is 2. The van der Waals surface area contributed by atoms with E-state index in [1.165, 1.54) is 21.8 Å². The minimum absolute atomic E-state index is 0.136. The molecule has 1 N–H and O–H groups in total. The van der Waals surface area contributed by atoms with Gasteiger partial charge in [0.05, 0.1) is 15.8 Å². The van der Waals surface area contributed by atoms with Crippen molar-refractivity contribution in [1.29, 1.82) is 0 Å². The molecule has 4 aromatic rings. The van der Waals surface area contributed by atoms with Gasteiger partial charge in [-0.1, -0.05) is 30.3 Å². The van der Waals surface area contributed by atoms with Crippen LogP contribution >= 0.6 is 11.3 Å². The number of fused-ring (bicyclic) bond motifs is 3. The quantitative estimate of drug-likeness (QED) is 0.609. The lowest BCUT2D eigenvalue weighted by Crippen LogP contribution is -2.18. The Labute approximate surface area is 134 Å². The van der Waals surface area contributed by atoms with Crippen LogP contribution < -0.4 is 5.56 Å². The van der Waals surface area contributed by atoms with E-state index in [1.54, 1.807) is 18.3 Å². The maximum atomic E-state index is 12.8. The van der Waals surface area contributed by atoms with Crippen molar-refractivity contribution < 1.29 is 9.90 Å². The predicted molar refractivity (Wildman–Crippen MR) is 91.4 cm³/mol. The Hall–Kier alpha value is -2.92. The van der Waals surface area contributed by atoms with E-state index >= 15 is 0 Å². The van der Waals surface area contributed by atoms with Gasteiger partial charge >= 0.3 is 5.97 Å². The van der Waals surface area contributed by atoms with E-state index in [9.17, 15) is 14.7 Å². The summed E-state index contributed by atoms with van der Waals surface area (Å²) in [5.41, 5.74) is 1.47. The zero-order valence-corrected chi connectivity index (χ0v) is 12.7. The molecule has 0 radical (unpaired) electrons. The van der Waals surface area contributed by atoms with Crippen LogP contribution in [0.4, 0.5) is 0 Å². The van der Waals surface area contributed by atoms with Gasteiger partial charge < -0.3 is 5.11 Å². The average molecular weight is 321 g/mol. The molecule has 0 bridgehead atoms. The molecule has 0 aliphatic heterocycles. The lowest BCUT2D eigenvalue weighted by atomic mass is 10.0. The second-order valence-electron chi connectivity index (χ2n) is 5.19. The van der Waals surface area contributed by atoms with Gasteiger partial charge in [-0.25, -0.2) is 4.79 Å². The molecule has 1 aromatic carbocycles. The number of aromatic carboxylic acids is 1. The van der Waals surface area contributed by atoms with E-state index in [4.69, 9.17) is 0 Å². The summed E-state index contributed by atoms with van der Waals surface area (Å²) in [6, 6.07) is 14.3. The van der Waals surface area contributed by atoms with Crippen LogP contribution in [0.25, 0.3) is 26.7 Å². The van der Waals surface area contributed by atoms with Crippen molar-refractivity contribution in [1.82, 2.24) is 4.40 Å². The van der Waals surface area contributed by atoms with Crippen molar-refractivity contribution in [2.24, 2.45) is 0 Å². The van der Waals surface area contributed by atoms with Gasteiger partial charge in [-0.2, -0.15) is 0 Å². The minimum atomic E-state index is -1.04. The van der Waals surface area contributed by atoms with Crippen LogP contribution in [0.2, 0.25) is 0 Å². The Balaban J connectivity index is 2.21. The summed E-state index contributed by atoms with van der Waals surface area (Å²) in [6.07, 6.45) is 1.64. The Morgan fingerprint density at radius 1 is 1.09 bits per heavy atom. The third kappa shape index (κ3) is 2.05. The molecule has 0 aliphatic rings. The number of carboxylic acids is 1. The molecule has 0 unspecified atom stereocenters. The maximum Gasteiger partial charge on any atom is 0.337 e. The molecule has 4 rings (SSSR count). The van der Waals surface area contributed by atoms with Crippen molar-refractivity contribution in [3.8, 4) is 11.1 Å². The molecular formula is C18H11NO3S. The Morgan fingerprint density at radius 3 is 2.61 bits per heavy atom. The summed E-state index contributed by atoms with van der Waals surface area (Å²) >= 11 is 1.44. The molecule has 3 heterocycles. The second-order valence-corrected chi connectivity index (χ2v) is 6.10. The third-order valence-electron chi connectivity index (χ3n) is 3.86. The van der Waals surface area contributed by atoms with Gasteiger partial charge in [0.2, 0.25) is 0 Å². The lowest BCUT2D eigenvalue weighted by Gasteiger charge is -2.09. The number of aromatic nitrogens is 1. The largest absolute Gasteiger partial charge is 0.478 e. The molecule has 0 aliphatic carbocycles. The molecule has 3 aromatic heterocycles. The van der Waals surface area contributed by atoms with Crippen LogP contribution in [0, 0.1) is 0 Å². The summed E-state index contributed by atoms with van der Waals surface area (Å²) in [6.45, 7) is 0.